The predicted molar refractivity (Wildman–Crippen MR) is 51.8 cm³/mol. The highest BCUT2D eigenvalue weighted by molar-refractivity contribution is 9.10. The summed E-state index contributed by atoms with van der Waals surface area (Å²) in [7, 11) is 0. The van der Waals surface area contributed by atoms with Crippen LogP contribution in [-0.2, 0) is 4.79 Å². The summed E-state index contributed by atoms with van der Waals surface area (Å²) in [5, 5.41) is 12.5. The maximum atomic E-state index is 12.6. The summed E-state index contributed by atoms with van der Waals surface area (Å²) in [4.78, 5) is 10.8. The number of alkyl halides is 2. The number of nitrogens with zero attached hydrogens (tertiary/aromatic N) is 2. The van der Waals surface area contributed by atoms with E-state index in [0.29, 0.717) is 0 Å². The Kier molecular flexibility index (Phi) is 3.78. The molecule has 84 valence electrons. The first-order valence-electron chi connectivity index (χ1n) is 4.22. The molecule has 0 spiro atoms. The van der Waals surface area contributed by atoms with Crippen molar-refractivity contribution in [1.29, 1.82) is 0 Å². The molecule has 0 amide bonds. The molecule has 15 heavy (non-hydrogen) atoms. The van der Waals surface area contributed by atoms with E-state index in [9.17, 15) is 13.6 Å². The molecule has 0 aliphatic rings. The number of carbonyl (C=O) groups is 1. The fraction of sp³-hybridized carbons (Fsp3) is 0.500. The van der Waals surface area contributed by atoms with Crippen molar-refractivity contribution in [3.8, 4) is 0 Å². The van der Waals surface area contributed by atoms with Gasteiger partial charge in [0.1, 0.15) is 11.7 Å². The van der Waals surface area contributed by atoms with Crippen LogP contribution in [0.25, 0.3) is 0 Å². The van der Waals surface area contributed by atoms with Gasteiger partial charge in [-0.05, 0) is 22.4 Å². The van der Waals surface area contributed by atoms with E-state index in [1.54, 1.807) is 6.92 Å². The predicted octanol–water partition coefficient (Wildman–Crippen LogP) is 2.62. The van der Waals surface area contributed by atoms with Crippen molar-refractivity contribution in [3.05, 3.63) is 16.4 Å². The van der Waals surface area contributed by atoms with Crippen LogP contribution >= 0.6 is 15.9 Å². The van der Waals surface area contributed by atoms with Crippen LogP contribution in [0.15, 0.2) is 10.7 Å². The normalized spacial score (nSPS) is 13.1. The number of hydrogen-bond donors (Lipinski definition) is 1. The number of aliphatic carboxylic acids is 1. The molecule has 1 N–H and O–H groups in total. The molecule has 1 atom stereocenters. The Hall–Kier alpha value is -0.980. The van der Waals surface area contributed by atoms with Crippen molar-refractivity contribution in [2.24, 2.45) is 0 Å². The first-order chi connectivity index (χ1) is 6.99. The molecule has 4 nitrogen and oxygen atoms in total. The summed E-state index contributed by atoms with van der Waals surface area (Å²) in [6.07, 6.45) is -1.38. The molecule has 0 fully saturated rings. The van der Waals surface area contributed by atoms with Crippen LogP contribution in [0.4, 0.5) is 8.78 Å². The van der Waals surface area contributed by atoms with Gasteiger partial charge in [0, 0.05) is 0 Å². The van der Waals surface area contributed by atoms with Gasteiger partial charge in [-0.15, -0.1) is 0 Å². The number of hydrogen-bond acceptors (Lipinski definition) is 2. The van der Waals surface area contributed by atoms with E-state index in [0.717, 1.165) is 4.68 Å². The van der Waals surface area contributed by atoms with Gasteiger partial charge in [0.05, 0.1) is 10.7 Å². The molecule has 1 aromatic rings. The van der Waals surface area contributed by atoms with Gasteiger partial charge >= 0.3 is 5.97 Å². The van der Waals surface area contributed by atoms with Gasteiger partial charge in [0.15, 0.2) is 0 Å². The quantitative estimate of drug-likeness (QED) is 0.924. The van der Waals surface area contributed by atoms with Crippen molar-refractivity contribution in [1.82, 2.24) is 9.78 Å². The topological polar surface area (TPSA) is 55.1 Å². The number of halogens is 3. The van der Waals surface area contributed by atoms with Crippen LogP contribution in [0.2, 0.25) is 0 Å². The Labute approximate surface area is 93.0 Å². The van der Waals surface area contributed by atoms with E-state index in [2.05, 4.69) is 21.0 Å². The zero-order valence-corrected chi connectivity index (χ0v) is 9.41. The summed E-state index contributed by atoms with van der Waals surface area (Å²) in [5.41, 5.74) is -0.399. The molecule has 0 bridgehead atoms. The standard InChI is InChI=1S/C8H9BrF2N2O2/c1-2-5(8(14)15)13-6(7(10)11)4(9)3-12-13/h3,5,7H,2H2,1H3,(H,14,15)/t5-/m0/s1. The van der Waals surface area contributed by atoms with E-state index < -0.39 is 24.1 Å². The van der Waals surface area contributed by atoms with Crippen molar-refractivity contribution in [2.75, 3.05) is 0 Å². The average Bonchev–Trinajstić information content (AvgIpc) is 2.48. The Bertz CT molecular complexity index is 368. The zero-order valence-electron chi connectivity index (χ0n) is 7.82. The molecule has 0 unspecified atom stereocenters. The molecule has 0 radical (unpaired) electrons. The fourth-order valence-corrected chi connectivity index (χ4v) is 1.70. The Morgan fingerprint density at radius 2 is 2.33 bits per heavy atom. The lowest BCUT2D eigenvalue weighted by atomic mass is 10.2. The van der Waals surface area contributed by atoms with E-state index in [-0.39, 0.29) is 10.9 Å². The molecule has 0 aliphatic heterocycles. The van der Waals surface area contributed by atoms with Crippen LogP contribution in [0.5, 0.6) is 0 Å². The third kappa shape index (κ3) is 2.34. The second-order valence-electron chi connectivity index (χ2n) is 2.89. The molecule has 0 aromatic carbocycles. The van der Waals surface area contributed by atoms with Crippen LogP contribution in [0.1, 0.15) is 31.5 Å². The van der Waals surface area contributed by atoms with Crippen LogP contribution in [-0.4, -0.2) is 20.9 Å². The maximum Gasteiger partial charge on any atom is 0.328 e. The van der Waals surface area contributed by atoms with Gasteiger partial charge in [-0.2, -0.15) is 5.10 Å². The van der Waals surface area contributed by atoms with Gasteiger partial charge < -0.3 is 5.11 Å². The molecule has 0 saturated carbocycles. The number of rotatable bonds is 4. The second-order valence-corrected chi connectivity index (χ2v) is 3.74. The lowest BCUT2D eigenvalue weighted by Crippen LogP contribution is -2.21. The minimum absolute atomic E-state index is 0.122. The molecule has 1 aromatic heterocycles. The van der Waals surface area contributed by atoms with E-state index in [1.807, 2.05) is 0 Å². The average molecular weight is 283 g/mol. The van der Waals surface area contributed by atoms with Gasteiger partial charge in [-0.3, -0.25) is 0 Å². The lowest BCUT2D eigenvalue weighted by Gasteiger charge is -2.13. The van der Waals surface area contributed by atoms with Gasteiger partial charge in [-0.25, -0.2) is 18.3 Å². The van der Waals surface area contributed by atoms with E-state index >= 15 is 0 Å². The smallest absolute Gasteiger partial charge is 0.328 e. The Morgan fingerprint density at radius 1 is 1.73 bits per heavy atom. The molecular weight excluding hydrogens is 274 g/mol. The van der Waals surface area contributed by atoms with Gasteiger partial charge in [-0.1, -0.05) is 6.92 Å². The van der Waals surface area contributed by atoms with Crippen LogP contribution < -0.4 is 0 Å². The molecule has 0 aliphatic carbocycles. The van der Waals surface area contributed by atoms with Crippen molar-refractivity contribution in [2.45, 2.75) is 25.8 Å². The van der Waals surface area contributed by atoms with Crippen molar-refractivity contribution < 1.29 is 18.7 Å². The summed E-state index contributed by atoms with van der Waals surface area (Å²) >= 11 is 2.91. The summed E-state index contributed by atoms with van der Waals surface area (Å²) in [6.45, 7) is 1.60. The second kappa shape index (κ2) is 4.69. The highest BCUT2D eigenvalue weighted by Crippen LogP contribution is 2.30. The SMILES string of the molecule is CC[C@@H](C(=O)O)n1ncc(Br)c1C(F)F. The molecule has 7 heteroatoms. The largest absolute Gasteiger partial charge is 0.480 e. The summed E-state index contributed by atoms with van der Waals surface area (Å²) in [6, 6.07) is -1.06. The molecule has 1 heterocycles. The summed E-state index contributed by atoms with van der Waals surface area (Å²) in [5.74, 6) is -1.17. The minimum Gasteiger partial charge on any atom is -0.480 e. The third-order valence-electron chi connectivity index (χ3n) is 1.96. The van der Waals surface area contributed by atoms with Gasteiger partial charge in [0.2, 0.25) is 0 Å². The summed E-state index contributed by atoms with van der Waals surface area (Å²) < 4.78 is 26.2. The molecule has 1 rings (SSSR count). The Morgan fingerprint density at radius 3 is 2.73 bits per heavy atom. The lowest BCUT2D eigenvalue weighted by molar-refractivity contribution is -0.141. The minimum atomic E-state index is -2.75. The number of carboxylic acids is 1. The highest BCUT2D eigenvalue weighted by atomic mass is 79.9. The third-order valence-corrected chi connectivity index (χ3v) is 2.57. The monoisotopic (exact) mass is 282 g/mol. The Balaban J connectivity index is 3.18. The highest BCUT2D eigenvalue weighted by Gasteiger charge is 2.26. The van der Waals surface area contributed by atoms with E-state index in [1.165, 1.54) is 6.20 Å². The first kappa shape index (κ1) is 12.1. The molecular formula is C8H9BrF2N2O2. The maximum absolute atomic E-state index is 12.6. The van der Waals surface area contributed by atoms with Crippen LogP contribution in [0.3, 0.4) is 0 Å². The van der Waals surface area contributed by atoms with Crippen LogP contribution in [0, 0.1) is 0 Å². The number of aromatic nitrogens is 2. The fourth-order valence-electron chi connectivity index (χ4n) is 1.26. The van der Waals surface area contributed by atoms with Crippen molar-refractivity contribution in [3.63, 3.8) is 0 Å². The molecule has 0 saturated heterocycles. The van der Waals surface area contributed by atoms with Gasteiger partial charge in [0.25, 0.3) is 6.43 Å². The first-order valence-corrected chi connectivity index (χ1v) is 5.02. The zero-order chi connectivity index (χ0) is 11.6. The van der Waals surface area contributed by atoms with Crippen molar-refractivity contribution >= 4 is 21.9 Å². The van der Waals surface area contributed by atoms with E-state index in [4.69, 9.17) is 5.11 Å². The number of carboxylic acid groups (broad SMARTS) is 1.